The number of benzene rings is 4. The van der Waals surface area contributed by atoms with Crippen molar-refractivity contribution in [2.45, 2.75) is 0 Å². The van der Waals surface area contributed by atoms with Gasteiger partial charge in [0.05, 0.1) is 0 Å². The molecule has 4 aromatic rings. The molecule has 24 heavy (non-hydrogen) atoms. The molecule has 4 heteroatoms. The predicted molar refractivity (Wildman–Crippen MR) is 93.5 cm³/mol. The summed E-state index contributed by atoms with van der Waals surface area (Å²) in [4.78, 5) is 0. The second kappa shape index (κ2) is 5.06. The molecule has 0 aliphatic carbocycles. The molecule has 4 aromatic carbocycles. The van der Waals surface area contributed by atoms with Crippen molar-refractivity contribution in [2.24, 2.45) is 0 Å². The van der Waals surface area contributed by atoms with E-state index in [0.717, 1.165) is 10.8 Å². The molecule has 0 atom stereocenters. The van der Waals surface area contributed by atoms with Crippen LogP contribution < -0.4 is 0 Å². The SMILES string of the molecule is Oc1cc(-c2cc(O)c(O)c3ccccc23)c2ccccc2c1O. The average molecular weight is 318 g/mol. The van der Waals surface area contributed by atoms with E-state index in [-0.39, 0.29) is 23.0 Å². The summed E-state index contributed by atoms with van der Waals surface area (Å²) < 4.78 is 0. The molecule has 0 heterocycles. The van der Waals surface area contributed by atoms with Gasteiger partial charge >= 0.3 is 0 Å². The molecule has 0 saturated heterocycles. The molecule has 0 bridgehead atoms. The molecule has 4 N–H and O–H groups in total. The van der Waals surface area contributed by atoms with Crippen molar-refractivity contribution in [3.63, 3.8) is 0 Å². The van der Waals surface area contributed by atoms with E-state index in [1.807, 2.05) is 24.3 Å². The summed E-state index contributed by atoms with van der Waals surface area (Å²) in [6.07, 6.45) is 0. The lowest BCUT2D eigenvalue weighted by Gasteiger charge is -2.14. The molecule has 0 amide bonds. The molecular formula is C20H14O4. The van der Waals surface area contributed by atoms with E-state index in [1.165, 1.54) is 12.1 Å². The van der Waals surface area contributed by atoms with Gasteiger partial charge in [-0.05, 0) is 34.0 Å². The van der Waals surface area contributed by atoms with Gasteiger partial charge in [-0.3, -0.25) is 0 Å². The number of phenols is 4. The number of rotatable bonds is 1. The third kappa shape index (κ3) is 1.93. The van der Waals surface area contributed by atoms with E-state index < -0.39 is 0 Å². The zero-order valence-electron chi connectivity index (χ0n) is 12.6. The summed E-state index contributed by atoms with van der Waals surface area (Å²) in [5, 5.41) is 42.9. The van der Waals surface area contributed by atoms with Crippen LogP contribution in [0.2, 0.25) is 0 Å². The fourth-order valence-corrected chi connectivity index (χ4v) is 3.14. The van der Waals surface area contributed by atoms with Crippen molar-refractivity contribution in [3.05, 3.63) is 60.7 Å². The molecule has 0 fully saturated rings. The maximum Gasteiger partial charge on any atom is 0.165 e. The van der Waals surface area contributed by atoms with Crippen molar-refractivity contribution >= 4 is 21.5 Å². The standard InChI is InChI=1S/C20H14O4/c21-17-9-15(11-5-1-3-7-13(11)19(17)23)16-10-18(22)20(24)14-8-4-2-6-12(14)16/h1-10,21-24H. The fourth-order valence-electron chi connectivity index (χ4n) is 3.14. The minimum Gasteiger partial charge on any atom is -0.504 e. The van der Waals surface area contributed by atoms with Crippen LogP contribution >= 0.6 is 0 Å². The highest BCUT2D eigenvalue weighted by Crippen LogP contribution is 2.45. The molecule has 0 radical (unpaired) electrons. The Bertz CT molecular complexity index is 1010. The third-order valence-electron chi connectivity index (χ3n) is 4.28. The van der Waals surface area contributed by atoms with E-state index in [0.29, 0.717) is 21.9 Å². The van der Waals surface area contributed by atoms with Crippen LogP contribution in [0.15, 0.2) is 60.7 Å². The van der Waals surface area contributed by atoms with Crippen LogP contribution in [-0.4, -0.2) is 20.4 Å². The monoisotopic (exact) mass is 318 g/mol. The summed E-state index contributed by atoms with van der Waals surface area (Å²) in [6.45, 7) is 0. The zero-order valence-corrected chi connectivity index (χ0v) is 12.6. The number of fused-ring (bicyclic) bond motifs is 2. The van der Waals surface area contributed by atoms with Crippen molar-refractivity contribution in [1.82, 2.24) is 0 Å². The smallest absolute Gasteiger partial charge is 0.165 e. The van der Waals surface area contributed by atoms with E-state index in [1.54, 1.807) is 24.3 Å². The topological polar surface area (TPSA) is 80.9 Å². The summed E-state index contributed by atoms with van der Waals surface area (Å²) in [6, 6.07) is 17.3. The highest BCUT2D eigenvalue weighted by atomic mass is 16.3. The number of hydrogen-bond acceptors (Lipinski definition) is 4. The minimum absolute atomic E-state index is 0.179. The third-order valence-corrected chi connectivity index (χ3v) is 4.28. The van der Waals surface area contributed by atoms with Gasteiger partial charge in [0.1, 0.15) is 0 Å². The summed E-state index contributed by atoms with van der Waals surface area (Å²) in [5.41, 5.74) is 1.32. The Morgan fingerprint density at radius 2 is 0.792 bits per heavy atom. The molecule has 0 unspecified atom stereocenters. The quantitative estimate of drug-likeness (QED) is 0.390. The molecule has 0 aliphatic heterocycles. The molecule has 0 aliphatic rings. The molecule has 0 spiro atoms. The lowest BCUT2D eigenvalue weighted by molar-refractivity contribution is 0.408. The Hall–Kier alpha value is -3.40. The van der Waals surface area contributed by atoms with Gasteiger partial charge in [0.2, 0.25) is 0 Å². The normalized spacial score (nSPS) is 11.2. The first-order chi connectivity index (χ1) is 11.6. The Balaban J connectivity index is 2.19. The lowest BCUT2D eigenvalue weighted by Crippen LogP contribution is -1.86. The molecule has 0 aromatic heterocycles. The molecule has 0 saturated carbocycles. The van der Waals surface area contributed by atoms with Gasteiger partial charge in [0, 0.05) is 10.8 Å². The largest absolute Gasteiger partial charge is 0.504 e. The van der Waals surface area contributed by atoms with Crippen molar-refractivity contribution in [3.8, 4) is 34.1 Å². The zero-order chi connectivity index (χ0) is 16.8. The van der Waals surface area contributed by atoms with E-state index in [4.69, 9.17) is 0 Å². The second-order valence-electron chi connectivity index (χ2n) is 5.67. The van der Waals surface area contributed by atoms with Gasteiger partial charge in [0.15, 0.2) is 23.0 Å². The molecule has 4 rings (SSSR count). The molecular weight excluding hydrogens is 304 g/mol. The Kier molecular flexibility index (Phi) is 3.00. The van der Waals surface area contributed by atoms with Crippen molar-refractivity contribution in [2.75, 3.05) is 0 Å². The van der Waals surface area contributed by atoms with Crippen molar-refractivity contribution in [1.29, 1.82) is 0 Å². The number of aromatic hydroxyl groups is 4. The first kappa shape index (κ1) is 14.2. The first-order valence-corrected chi connectivity index (χ1v) is 7.45. The Morgan fingerprint density at radius 1 is 0.458 bits per heavy atom. The van der Waals surface area contributed by atoms with E-state index >= 15 is 0 Å². The Labute approximate surface area is 137 Å². The summed E-state index contributed by atoms with van der Waals surface area (Å²) >= 11 is 0. The van der Waals surface area contributed by atoms with Gasteiger partial charge in [-0.25, -0.2) is 0 Å². The summed E-state index contributed by atoms with van der Waals surface area (Å²) in [7, 11) is 0. The summed E-state index contributed by atoms with van der Waals surface area (Å²) in [5.74, 6) is -0.830. The van der Waals surface area contributed by atoms with Crippen LogP contribution in [0.3, 0.4) is 0 Å². The van der Waals surface area contributed by atoms with Crippen LogP contribution in [0.25, 0.3) is 32.7 Å². The highest BCUT2D eigenvalue weighted by Gasteiger charge is 2.16. The maximum atomic E-state index is 10.1. The number of phenolic OH excluding ortho intramolecular Hbond substituents is 4. The van der Waals surface area contributed by atoms with Crippen LogP contribution in [0.5, 0.6) is 23.0 Å². The average Bonchev–Trinajstić information content (AvgIpc) is 2.61. The lowest BCUT2D eigenvalue weighted by atomic mass is 9.92. The highest BCUT2D eigenvalue weighted by molar-refractivity contribution is 6.09. The fraction of sp³-hybridized carbons (Fsp3) is 0. The van der Waals surface area contributed by atoms with Crippen LogP contribution in [0.1, 0.15) is 0 Å². The van der Waals surface area contributed by atoms with Gasteiger partial charge in [-0.2, -0.15) is 0 Å². The first-order valence-electron chi connectivity index (χ1n) is 7.45. The second-order valence-corrected chi connectivity index (χ2v) is 5.67. The van der Waals surface area contributed by atoms with Crippen LogP contribution in [-0.2, 0) is 0 Å². The van der Waals surface area contributed by atoms with E-state index in [9.17, 15) is 20.4 Å². The maximum absolute atomic E-state index is 10.1. The van der Waals surface area contributed by atoms with Gasteiger partial charge in [-0.15, -0.1) is 0 Å². The van der Waals surface area contributed by atoms with Gasteiger partial charge < -0.3 is 20.4 Å². The van der Waals surface area contributed by atoms with E-state index in [2.05, 4.69) is 0 Å². The van der Waals surface area contributed by atoms with Gasteiger partial charge in [-0.1, -0.05) is 48.5 Å². The predicted octanol–water partition coefficient (Wildman–Crippen LogP) is 4.48. The molecule has 118 valence electrons. The Morgan fingerprint density at radius 3 is 1.17 bits per heavy atom. The minimum atomic E-state index is -0.236. The molecule has 4 nitrogen and oxygen atoms in total. The number of hydrogen-bond donors (Lipinski definition) is 4. The van der Waals surface area contributed by atoms with Gasteiger partial charge in [0.25, 0.3) is 0 Å². The van der Waals surface area contributed by atoms with Crippen LogP contribution in [0, 0.1) is 0 Å². The van der Waals surface area contributed by atoms with Crippen LogP contribution in [0.4, 0.5) is 0 Å². The van der Waals surface area contributed by atoms with Crippen molar-refractivity contribution < 1.29 is 20.4 Å².